The van der Waals surface area contributed by atoms with E-state index >= 15 is 0 Å². The van der Waals surface area contributed by atoms with Crippen LogP contribution in [0.15, 0.2) is 37.0 Å². The van der Waals surface area contributed by atoms with E-state index in [0.29, 0.717) is 11.4 Å². The van der Waals surface area contributed by atoms with Crippen LogP contribution in [0.1, 0.15) is 6.92 Å². The highest BCUT2D eigenvalue weighted by molar-refractivity contribution is 5.92. The topological polar surface area (TPSA) is 70.2 Å². The molecule has 0 fully saturated rings. The lowest BCUT2D eigenvalue weighted by atomic mass is 10.3. The van der Waals surface area contributed by atoms with Crippen molar-refractivity contribution in [3.05, 3.63) is 37.0 Å². The molecule has 0 saturated carbocycles. The third-order valence-electron chi connectivity index (χ3n) is 1.67. The molecule has 0 aliphatic heterocycles. The molecule has 3 N–H and O–H groups in total. The number of amides is 3. The van der Waals surface area contributed by atoms with E-state index in [1.807, 2.05) is 0 Å². The molecule has 5 nitrogen and oxygen atoms in total. The summed E-state index contributed by atoms with van der Waals surface area (Å²) in [5, 5.41) is 7.58. The molecule has 0 aromatic heterocycles. The van der Waals surface area contributed by atoms with Gasteiger partial charge in [0.25, 0.3) is 0 Å². The van der Waals surface area contributed by atoms with Gasteiger partial charge >= 0.3 is 6.03 Å². The first-order valence-corrected chi connectivity index (χ1v) is 4.68. The van der Waals surface area contributed by atoms with Crippen molar-refractivity contribution in [3.8, 4) is 0 Å². The third kappa shape index (κ3) is 3.83. The predicted molar refractivity (Wildman–Crippen MR) is 63.1 cm³/mol. The van der Waals surface area contributed by atoms with Gasteiger partial charge in [-0.3, -0.25) is 4.79 Å². The second-order valence-corrected chi connectivity index (χ2v) is 3.06. The van der Waals surface area contributed by atoms with Crippen molar-refractivity contribution in [1.82, 2.24) is 5.32 Å². The fraction of sp³-hybridized carbons (Fsp3) is 0.0909. The summed E-state index contributed by atoms with van der Waals surface area (Å²) in [5.41, 5.74) is 1.22. The molecule has 1 aromatic rings. The minimum Gasteiger partial charge on any atom is -0.326 e. The van der Waals surface area contributed by atoms with Gasteiger partial charge in [0.15, 0.2) is 0 Å². The van der Waals surface area contributed by atoms with Crippen LogP contribution < -0.4 is 16.0 Å². The molecule has 0 saturated heterocycles. The maximum atomic E-state index is 11.2. The van der Waals surface area contributed by atoms with Gasteiger partial charge < -0.3 is 16.0 Å². The summed E-state index contributed by atoms with van der Waals surface area (Å²) >= 11 is 0. The molecule has 0 spiro atoms. The average Bonchev–Trinajstić information content (AvgIpc) is 2.17. The summed E-state index contributed by atoms with van der Waals surface area (Å²) in [6.45, 7) is 4.79. The van der Waals surface area contributed by atoms with Crippen molar-refractivity contribution in [3.63, 3.8) is 0 Å². The summed E-state index contributed by atoms with van der Waals surface area (Å²) in [5.74, 6) is -0.160. The molecular formula is C11H13N3O2. The number of carbonyl (C=O) groups is 2. The van der Waals surface area contributed by atoms with E-state index in [9.17, 15) is 9.59 Å². The normalized spacial score (nSPS) is 9.06. The van der Waals surface area contributed by atoms with Crippen molar-refractivity contribution in [1.29, 1.82) is 0 Å². The molecule has 1 rings (SSSR count). The first-order chi connectivity index (χ1) is 7.61. The molecule has 1 aromatic carbocycles. The van der Waals surface area contributed by atoms with Crippen molar-refractivity contribution < 1.29 is 9.59 Å². The van der Waals surface area contributed by atoms with Crippen LogP contribution in [-0.2, 0) is 4.79 Å². The zero-order valence-electron chi connectivity index (χ0n) is 8.91. The van der Waals surface area contributed by atoms with Crippen LogP contribution in [0.3, 0.4) is 0 Å². The Morgan fingerprint density at radius 1 is 1.25 bits per heavy atom. The Bertz CT molecular complexity index is 415. The number of urea groups is 1. The van der Waals surface area contributed by atoms with E-state index in [0.717, 1.165) is 0 Å². The minimum absolute atomic E-state index is 0.160. The largest absolute Gasteiger partial charge is 0.326 e. The van der Waals surface area contributed by atoms with Crippen LogP contribution in [-0.4, -0.2) is 11.9 Å². The van der Waals surface area contributed by atoms with Crippen molar-refractivity contribution >= 4 is 23.3 Å². The van der Waals surface area contributed by atoms with Crippen LogP contribution in [0.4, 0.5) is 16.2 Å². The Labute approximate surface area is 93.5 Å². The Kier molecular flexibility index (Phi) is 4.08. The Morgan fingerprint density at radius 3 is 2.44 bits per heavy atom. The number of anilines is 2. The second-order valence-electron chi connectivity index (χ2n) is 3.06. The lowest BCUT2D eigenvalue weighted by molar-refractivity contribution is -0.114. The molecule has 84 valence electrons. The fourth-order valence-corrected chi connectivity index (χ4v) is 1.14. The van der Waals surface area contributed by atoms with E-state index in [4.69, 9.17) is 0 Å². The highest BCUT2D eigenvalue weighted by Crippen LogP contribution is 2.14. The van der Waals surface area contributed by atoms with Crippen LogP contribution in [0.2, 0.25) is 0 Å². The highest BCUT2D eigenvalue weighted by atomic mass is 16.2. The highest BCUT2D eigenvalue weighted by Gasteiger charge is 2.00. The molecular weight excluding hydrogens is 206 g/mol. The maximum absolute atomic E-state index is 11.2. The number of hydrogen-bond acceptors (Lipinski definition) is 2. The van der Waals surface area contributed by atoms with Gasteiger partial charge in [0.1, 0.15) is 0 Å². The number of carbonyl (C=O) groups excluding carboxylic acids is 2. The van der Waals surface area contributed by atoms with Gasteiger partial charge in [0.05, 0.1) is 0 Å². The van der Waals surface area contributed by atoms with Gasteiger partial charge in [-0.2, -0.15) is 0 Å². The molecule has 0 unspecified atom stereocenters. The Morgan fingerprint density at radius 2 is 1.88 bits per heavy atom. The van der Waals surface area contributed by atoms with Gasteiger partial charge in [-0.25, -0.2) is 4.79 Å². The Balaban J connectivity index is 2.70. The summed E-state index contributed by atoms with van der Waals surface area (Å²) in [7, 11) is 0. The van der Waals surface area contributed by atoms with E-state index in [1.165, 1.54) is 13.1 Å². The van der Waals surface area contributed by atoms with E-state index in [1.54, 1.807) is 24.3 Å². The van der Waals surface area contributed by atoms with E-state index in [-0.39, 0.29) is 11.9 Å². The van der Waals surface area contributed by atoms with E-state index < -0.39 is 0 Å². The number of nitrogens with one attached hydrogen (secondary N) is 3. The summed E-state index contributed by atoms with van der Waals surface area (Å²) in [6, 6.07) is 6.46. The molecule has 0 atom stereocenters. The zero-order valence-corrected chi connectivity index (χ0v) is 8.91. The van der Waals surface area contributed by atoms with Crippen molar-refractivity contribution in [2.45, 2.75) is 6.92 Å². The summed E-state index contributed by atoms with van der Waals surface area (Å²) in [6.07, 6.45) is 1.28. The average molecular weight is 219 g/mol. The summed E-state index contributed by atoms with van der Waals surface area (Å²) < 4.78 is 0. The van der Waals surface area contributed by atoms with Gasteiger partial charge in [0, 0.05) is 18.3 Å². The van der Waals surface area contributed by atoms with Crippen LogP contribution >= 0.6 is 0 Å². The maximum Gasteiger partial charge on any atom is 0.323 e. The fourth-order valence-electron chi connectivity index (χ4n) is 1.14. The Hall–Kier alpha value is -2.30. The van der Waals surface area contributed by atoms with Gasteiger partial charge in [0.2, 0.25) is 5.91 Å². The molecule has 0 aliphatic rings. The number of hydrogen-bond donors (Lipinski definition) is 3. The van der Waals surface area contributed by atoms with Crippen molar-refractivity contribution in [2.24, 2.45) is 0 Å². The van der Waals surface area contributed by atoms with E-state index in [2.05, 4.69) is 22.5 Å². The molecule has 0 aliphatic carbocycles. The third-order valence-corrected chi connectivity index (χ3v) is 1.67. The molecule has 0 heterocycles. The summed E-state index contributed by atoms with van der Waals surface area (Å²) in [4.78, 5) is 22.0. The molecule has 3 amide bonds. The van der Waals surface area contributed by atoms with Crippen LogP contribution in [0.5, 0.6) is 0 Å². The SMILES string of the molecule is C=CNC(=O)Nc1cccc(NC(C)=O)c1. The number of benzene rings is 1. The molecule has 16 heavy (non-hydrogen) atoms. The van der Waals surface area contributed by atoms with Gasteiger partial charge in [-0.05, 0) is 24.4 Å². The monoisotopic (exact) mass is 219 g/mol. The quantitative estimate of drug-likeness (QED) is 0.726. The smallest absolute Gasteiger partial charge is 0.323 e. The minimum atomic E-state index is -0.380. The predicted octanol–water partition coefficient (Wildman–Crippen LogP) is 1.91. The standard InChI is InChI=1S/C11H13N3O2/c1-3-12-11(16)14-10-6-4-5-9(7-10)13-8(2)15/h3-7H,1H2,2H3,(H,13,15)(H2,12,14,16). The lowest BCUT2D eigenvalue weighted by Crippen LogP contribution is -2.23. The van der Waals surface area contributed by atoms with Crippen LogP contribution in [0.25, 0.3) is 0 Å². The molecule has 0 radical (unpaired) electrons. The zero-order chi connectivity index (χ0) is 12.0. The van der Waals surface area contributed by atoms with Gasteiger partial charge in [-0.15, -0.1) is 0 Å². The molecule has 5 heteroatoms. The van der Waals surface area contributed by atoms with Gasteiger partial charge in [-0.1, -0.05) is 12.6 Å². The molecule has 0 bridgehead atoms. The second kappa shape index (κ2) is 5.55. The lowest BCUT2D eigenvalue weighted by Gasteiger charge is -2.07. The first kappa shape index (κ1) is 11.8. The van der Waals surface area contributed by atoms with Crippen LogP contribution in [0, 0.1) is 0 Å². The van der Waals surface area contributed by atoms with Crippen molar-refractivity contribution in [2.75, 3.05) is 10.6 Å². The first-order valence-electron chi connectivity index (χ1n) is 4.68. The number of rotatable bonds is 3.